The molecule has 122 valence electrons. The number of nitrogens with one attached hydrogen (secondary N) is 1. The highest BCUT2D eigenvalue weighted by Gasteiger charge is 2.28. The smallest absolute Gasteiger partial charge is 0.120 e. The molecule has 0 bridgehead atoms. The minimum absolute atomic E-state index is 0. The van der Waals surface area contributed by atoms with Gasteiger partial charge in [-0.05, 0) is 18.9 Å². The molecule has 0 spiro atoms. The van der Waals surface area contributed by atoms with Gasteiger partial charge >= 0.3 is 0 Å². The first-order valence-corrected chi connectivity index (χ1v) is 7.37. The van der Waals surface area contributed by atoms with Crippen LogP contribution in [0.4, 0.5) is 0 Å². The molecule has 0 radical (unpaired) electrons. The van der Waals surface area contributed by atoms with Gasteiger partial charge in [-0.15, -0.1) is 24.8 Å². The lowest BCUT2D eigenvalue weighted by molar-refractivity contribution is 0.126. The monoisotopic (exact) mass is 334 g/mol. The van der Waals surface area contributed by atoms with E-state index < -0.39 is 0 Å². The molecule has 1 aliphatic rings. The second kappa shape index (κ2) is 9.52. The highest BCUT2D eigenvalue weighted by Crippen LogP contribution is 2.36. The van der Waals surface area contributed by atoms with Crippen molar-refractivity contribution in [3.63, 3.8) is 0 Å². The van der Waals surface area contributed by atoms with Crippen molar-refractivity contribution in [3.05, 3.63) is 29.3 Å². The quantitative estimate of drug-likeness (QED) is 0.883. The van der Waals surface area contributed by atoms with Crippen LogP contribution in [0.3, 0.4) is 0 Å². The van der Waals surface area contributed by atoms with Gasteiger partial charge in [-0.3, -0.25) is 4.90 Å². The Morgan fingerprint density at radius 3 is 2.43 bits per heavy atom. The fraction of sp³-hybridized carbons (Fsp3) is 0.625. The first kappa shape index (κ1) is 20.5. The van der Waals surface area contributed by atoms with Gasteiger partial charge in [-0.1, -0.05) is 38.0 Å². The van der Waals surface area contributed by atoms with E-state index in [1.165, 1.54) is 5.56 Å². The first-order valence-electron chi connectivity index (χ1n) is 7.37. The van der Waals surface area contributed by atoms with Gasteiger partial charge in [0.05, 0.1) is 0 Å². The molecule has 1 aromatic carbocycles. The summed E-state index contributed by atoms with van der Waals surface area (Å²) in [4.78, 5) is 2.51. The Bertz CT molecular complexity index is 423. The lowest BCUT2D eigenvalue weighted by Gasteiger charge is -2.38. The summed E-state index contributed by atoms with van der Waals surface area (Å²) < 4.78 is 0. The van der Waals surface area contributed by atoms with Crippen LogP contribution in [-0.2, 0) is 0 Å². The molecule has 2 atom stereocenters. The van der Waals surface area contributed by atoms with E-state index in [1.54, 1.807) is 0 Å². The number of halogens is 2. The van der Waals surface area contributed by atoms with Crippen molar-refractivity contribution < 1.29 is 5.11 Å². The maximum absolute atomic E-state index is 10.2. The molecule has 1 saturated heterocycles. The summed E-state index contributed by atoms with van der Waals surface area (Å²) >= 11 is 0. The highest BCUT2D eigenvalue weighted by atomic mass is 35.5. The van der Waals surface area contributed by atoms with Gasteiger partial charge in [0.15, 0.2) is 0 Å². The molecule has 1 unspecified atom stereocenters. The van der Waals surface area contributed by atoms with E-state index in [-0.39, 0.29) is 24.8 Å². The molecule has 0 amide bonds. The van der Waals surface area contributed by atoms with Crippen LogP contribution >= 0.6 is 24.8 Å². The summed E-state index contributed by atoms with van der Waals surface area (Å²) in [7, 11) is 0. The number of phenolic OH excluding ortho intramolecular Hbond substituents is 1. The zero-order valence-corrected chi connectivity index (χ0v) is 14.8. The average molecular weight is 335 g/mol. The number of benzene rings is 1. The summed E-state index contributed by atoms with van der Waals surface area (Å²) in [5, 5.41) is 13.6. The zero-order chi connectivity index (χ0) is 13.8. The van der Waals surface area contributed by atoms with Gasteiger partial charge < -0.3 is 10.4 Å². The van der Waals surface area contributed by atoms with E-state index in [2.05, 4.69) is 37.1 Å². The fourth-order valence-corrected chi connectivity index (χ4v) is 2.96. The molecular weight excluding hydrogens is 307 g/mol. The predicted octanol–water partition coefficient (Wildman–Crippen LogP) is 3.54. The standard InChI is InChI=1S/C16H26N2O.2ClH/c1-4-13(3)16(18-9-7-17-8-10-18)14-11-12(2)5-6-15(14)19;;/h5-6,11,13,16-17,19H,4,7-10H2,1-3H3;2*1H/t13?,16-;;/m0../s1. The van der Waals surface area contributed by atoms with Crippen molar-refractivity contribution in [1.29, 1.82) is 0 Å². The van der Waals surface area contributed by atoms with Crippen molar-refractivity contribution >= 4 is 24.8 Å². The molecule has 3 nitrogen and oxygen atoms in total. The van der Waals surface area contributed by atoms with Gasteiger partial charge in [0, 0.05) is 37.8 Å². The zero-order valence-electron chi connectivity index (χ0n) is 13.1. The summed E-state index contributed by atoms with van der Waals surface area (Å²) in [6.07, 6.45) is 1.13. The van der Waals surface area contributed by atoms with E-state index in [9.17, 15) is 5.11 Å². The molecule has 1 fully saturated rings. The lowest BCUT2D eigenvalue weighted by atomic mass is 9.89. The van der Waals surface area contributed by atoms with Gasteiger partial charge in [0.2, 0.25) is 0 Å². The Labute approximate surface area is 140 Å². The highest BCUT2D eigenvalue weighted by molar-refractivity contribution is 5.85. The topological polar surface area (TPSA) is 35.5 Å². The van der Waals surface area contributed by atoms with Crippen LogP contribution in [0.25, 0.3) is 0 Å². The Morgan fingerprint density at radius 2 is 1.86 bits per heavy atom. The molecule has 1 aliphatic heterocycles. The third kappa shape index (κ3) is 5.03. The maximum Gasteiger partial charge on any atom is 0.120 e. The number of rotatable bonds is 4. The summed E-state index contributed by atoms with van der Waals surface area (Å²) in [6.45, 7) is 10.8. The number of nitrogens with zero attached hydrogens (tertiary/aromatic N) is 1. The van der Waals surface area contributed by atoms with Gasteiger partial charge in [-0.25, -0.2) is 0 Å². The first-order chi connectivity index (χ1) is 9.13. The predicted molar refractivity (Wildman–Crippen MR) is 94.0 cm³/mol. The van der Waals surface area contributed by atoms with Crippen molar-refractivity contribution in [2.45, 2.75) is 33.2 Å². The number of hydrogen-bond donors (Lipinski definition) is 2. The lowest BCUT2D eigenvalue weighted by Crippen LogP contribution is -2.46. The fourth-order valence-electron chi connectivity index (χ4n) is 2.96. The van der Waals surface area contributed by atoms with E-state index in [4.69, 9.17) is 0 Å². The number of aromatic hydroxyl groups is 1. The van der Waals surface area contributed by atoms with Crippen LogP contribution in [0.5, 0.6) is 5.75 Å². The van der Waals surface area contributed by atoms with Crippen molar-refractivity contribution in [2.24, 2.45) is 5.92 Å². The molecule has 0 saturated carbocycles. The van der Waals surface area contributed by atoms with Crippen LogP contribution in [0.2, 0.25) is 0 Å². The van der Waals surface area contributed by atoms with Gasteiger partial charge in [0.25, 0.3) is 0 Å². The van der Waals surface area contributed by atoms with E-state index >= 15 is 0 Å². The summed E-state index contributed by atoms with van der Waals surface area (Å²) in [5.41, 5.74) is 2.31. The van der Waals surface area contributed by atoms with E-state index in [1.807, 2.05) is 12.1 Å². The second-order valence-electron chi connectivity index (χ2n) is 5.68. The molecule has 0 aromatic heterocycles. The Morgan fingerprint density at radius 1 is 1.24 bits per heavy atom. The summed E-state index contributed by atoms with van der Waals surface area (Å²) in [6, 6.07) is 6.28. The SMILES string of the molecule is CCC(C)[C@@H](c1cc(C)ccc1O)N1CCNCC1.Cl.Cl. The molecule has 2 rings (SSSR count). The third-order valence-corrected chi connectivity index (χ3v) is 4.23. The largest absolute Gasteiger partial charge is 0.508 e. The van der Waals surface area contributed by atoms with Crippen LogP contribution in [-0.4, -0.2) is 36.2 Å². The number of aryl methyl sites for hydroxylation is 1. The van der Waals surface area contributed by atoms with Gasteiger partial charge in [0.1, 0.15) is 5.75 Å². The summed E-state index contributed by atoms with van der Waals surface area (Å²) in [5.74, 6) is 0.986. The van der Waals surface area contributed by atoms with Crippen LogP contribution < -0.4 is 5.32 Å². The minimum Gasteiger partial charge on any atom is -0.508 e. The van der Waals surface area contributed by atoms with Gasteiger partial charge in [-0.2, -0.15) is 0 Å². The molecular formula is C16H28Cl2N2O. The van der Waals surface area contributed by atoms with Crippen LogP contribution in [0.15, 0.2) is 18.2 Å². The molecule has 0 aliphatic carbocycles. The third-order valence-electron chi connectivity index (χ3n) is 4.23. The van der Waals surface area contributed by atoms with Crippen molar-refractivity contribution in [3.8, 4) is 5.75 Å². The molecule has 2 N–H and O–H groups in total. The Kier molecular flexibility index (Phi) is 9.30. The van der Waals surface area contributed by atoms with Crippen LogP contribution in [0.1, 0.15) is 37.4 Å². The maximum atomic E-state index is 10.2. The van der Waals surface area contributed by atoms with Crippen molar-refractivity contribution in [1.82, 2.24) is 10.2 Å². The van der Waals surface area contributed by atoms with Crippen molar-refractivity contribution in [2.75, 3.05) is 26.2 Å². The number of hydrogen-bond acceptors (Lipinski definition) is 3. The molecule has 21 heavy (non-hydrogen) atoms. The Hall–Kier alpha value is -0.480. The van der Waals surface area contributed by atoms with E-state index in [0.717, 1.165) is 38.2 Å². The number of piperazine rings is 1. The average Bonchev–Trinajstić information content (AvgIpc) is 2.44. The van der Waals surface area contributed by atoms with Crippen LogP contribution in [0, 0.1) is 12.8 Å². The van der Waals surface area contributed by atoms with E-state index in [0.29, 0.717) is 17.7 Å². The minimum atomic E-state index is 0. The Balaban J connectivity index is 0.00000200. The second-order valence-corrected chi connectivity index (χ2v) is 5.68. The molecule has 1 aromatic rings. The molecule has 1 heterocycles. The molecule has 5 heteroatoms. The number of phenols is 1. The normalized spacial score (nSPS) is 18.2.